The summed E-state index contributed by atoms with van der Waals surface area (Å²) in [6.07, 6.45) is -3.19. The fourth-order valence-corrected chi connectivity index (χ4v) is 11.0. The SMILES string of the molecule is CC1[C@H](C)OC(=O)C[C@H](O)C[C@H](O)CC[C@@H](O)[C@H](O)C[C@H](O)C[C@]2(O)C[C@H](O)C(C(=O)N3CCN(CCO)CC3)C(C[C@@H](O[C@@H]3O[C@H](C)[C@@H](O)[C@H](NC[C@@]4(O)OC[C@@H](O)[C@H](O)[C@@H]4O)[C@@H]3O)/C=C/C=C/C=C/C=C/C=C/C=C/C=C/[C@H](C)[C@H]1O)O2. The van der Waals surface area contributed by atoms with Crippen LogP contribution in [0.3, 0.4) is 0 Å². The smallest absolute Gasteiger partial charge is 0.308 e. The maximum Gasteiger partial charge on any atom is 0.308 e. The third kappa shape index (κ3) is 21.3. The molecule has 16 N–H and O–H groups in total. The quantitative estimate of drug-likeness (QED) is 0.109. The van der Waals surface area contributed by atoms with Gasteiger partial charge in [0.05, 0.1) is 105 Å². The first-order valence-electron chi connectivity index (χ1n) is 29.2. The Hall–Kier alpha value is -3.72. The molecular formula is C59H95N3O22. The number of allylic oxidation sites excluding steroid dienone is 12. The lowest BCUT2D eigenvalue weighted by Crippen LogP contribution is -2.69. The Kier molecular flexibility index (Phi) is 28.9. The van der Waals surface area contributed by atoms with Gasteiger partial charge in [0.15, 0.2) is 12.1 Å². The predicted molar refractivity (Wildman–Crippen MR) is 302 cm³/mol. The van der Waals surface area contributed by atoms with Crippen molar-refractivity contribution in [2.45, 2.75) is 201 Å². The van der Waals surface area contributed by atoms with E-state index in [1.54, 1.807) is 86.8 Å². The molecular weight excluding hydrogens is 1100 g/mol. The molecule has 0 radical (unpaired) electrons. The third-order valence-corrected chi connectivity index (χ3v) is 16.3. The highest BCUT2D eigenvalue weighted by Crippen LogP contribution is 2.39. The Morgan fingerprint density at radius 3 is 1.88 bits per heavy atom. The Morgan fingerprint density at radius 2 is 1.26 bits per heavy atom. The van der Waals surface area contributed by atoms with Crippen LogP contribution in [0.4, 0.5) is 0 Å². The van der Waals surface area contributed by atoms with Crippen LogP contribution in [0.5, 0.6) is 0 Å². The minimum absolute atomic E-state index is 0.0956. The summed E-state index contributed by atoms with van der Waals surface area (Å²) in [6, 6.07) is -1.35. The van der Waals surface area contributed by atoms with Crippen molar-refractivity contribution >= 4 is 11.9 Å². The summed E-state index contributed by atoms with van der Waals surface area (Å²) < 4.78 is 29.6. The molecule has 5 rings (SSSR count). The number of aliphatic hydroxyl groups excluding tert-OH is 13. The van der Waals surface area contributed by atoms with Crippen molar-refractivity contribution in [1.82, 2.24) is 15.1 Å². The lowest BCUT2D eigenvalue weighted by molar-refractivity contribution is -0.323. The molecule has 0 aromatic rings. The standard InChI is InChI=1S/C59H95N3O22/c1-35-17-15-13-11-9-7-5-6-8-10-12-14-16-18-42(83-57-54(75)50(52(73)38(4)82-57)60-34-59(79)55(76)53(74)46(70)33-80-59)30-47-49(56(77)62-23-21-61(22-24-62)25-26-63)45(69)32-58(78,84-47)31-41(66)28-44(68)43(67)20-19-39(64)27-40(65)29-48(71)81-37(3)36(2)51(35)72/h5-18,35-47,49-55,57,60,63-70,72-76,78-79H,19-34H2,1-4H3/b6-5+,9-7+,10-8+,13-11+,14-12+,17-15+,18-16+/t35-,36?,37-,38+,39+,40+,41-,42-,43+,44+,45-,46+,47?,49?,50-,51+,52+,53-,54-,55-,57-,58+,59+/m0/s1. The summed E-state index contributed by atoms with van der Waals surface area (Å²) in [4.78, 5) is 30.9. The van der Waals surface area contributed by atoms with E-state index in [-0.39, 0.29) is 51.3 Å². The molecule has 1 amide bonds. The van der Waals surface area contributed by atoms with Gasteiger partial charge in [-0.25, -0.2) is 0 Å². The van der Waals surface area contributed by atoms with Crippen LogP contribution >= 0.6 is 0 Å². The van der Waals surface area contributed by atoms with Gasteiger partial charge in [-0.1, -0.05) is 98.9 Å². The van der Waals surface area contributed by atoms with Crippen molar-refractivity contribution in [3.63, 3.8) is 0 Å². The zero-order valence-electron chi connectivity index (χ0n) is 48.5. The number of cyclic esters (lactones) is 1. The molecule has 5 aliphatic rings. The number of esters is 1. The van der Waals surface area contributed by atoms with Crippen molar-refractivity contribution < 1.29 is 110 Å². The lowest BCUT2D eigenvalue weighted by atomic mass is 9.81. The fourth-order valence-electron chi connectivity index (χ4n) is 11.0. The molecule has 478 valence electrons. The number of carbonyl (C=O) groups is 2. The average Bonchev–Trinajstić information content (AvgIpc) is 2.40. The summed E-state index contributed by atoms with van der Waals surface area (Å²) in [6.45, 7) is 7.01. The van der Waals surface area contributed by atoms with E-state index in [9.17, 15) is 86.2 Å². The minimum atomic E-state index is -2.47. The first-order chi connectivity index (χ1) is 39.8. The molecule has 25 nitrogen and oxygen atoms in total. The third-order valence-electron chi connectivity index (χ3n) is 16.3. The fraction of sp³-hybridized carbons (Fsp3) is 0.729. The summed E-state index contributed by atoms with van der Waals surface area (Å²) >= 11 is 0. The molecule has 5 aliphatic heterocycles. The van der Waals surface area contributed by atoms with Crippen LogP contribution in [0, 0.1) is 17.8 Å². The van der Waals surface area contributed by atoms with Gasteiger partial charge in [0.25, 0.3) is 0 Å². The van der Waals surface area contributed by atoms with E-state index >= 15 is 0 Å². The number of hydrogen-bond acceptors (Lipinski definition) is 24. The maximum atomic E-state index is 14.6. The van der Waals surface area contributed by atoms with E-state index in [1.807, 2.05) is 17.9 Å². The number of nitrogens with one attached hydrogen (secondary N) is 1. The van der Waals surface area contributed by atoms with Gasteiger partial charge in [-0.2, -0.15) is 0 Å². The number of rotatable bonds is 8. The van der Waals surface area contributed by atoms with E-state index in [2.05, 4.69) is 5.32 Å². The van der Waals surface area contributed by atoms with E-state index in [1.165, 1.54) is 17.9 Å². The first-order valence-corrected chi connectivity index (χ1v) is 29.2. The Morgan fingerprint density at radius 1 is 0.655 bits per heavy atom. The van der Waals surface area contributed by atoms with Gasteiger partial charge in [0.1, 0.15) is 30.5 Å². The molecule has 2 bridgehead atoms. The molecule has 5 heterocycles. The van der Waals surface area contributed by atoms with Crippen LogP contribution in [0.1, 0.15) is 79.1 Å². The second-order valence-corrected chi connectivity index (χ2v) is 23.1. The molecule has 0 saturated carbocycles. The van der Waals surface area contributed by atoms with Crippen LogP contribution in [-0.2, 0) is 33.3 Å². The molecule has 4 saturated heterocycles. The predicted octanol–water partition coefficient (Wildman–Crippen LogP) is -2.80. The number of ether oxygens (including phenoxy) is 5. The molecule has 0 aliphatic carbocycles. The van der Waals surface area contributed by atoms with Gasteiger partial charge >= 0.3 is 5.97 Å². The average molecular weight is 1200 g/mol. The van der Waals surface area contributed by atoms with Gasteiger partial charge in [-0.3, -0.25) is 14.5 Å². The highest BCUT2D eigenvalue weighted by atomic mass is 16.7. The second-order valence-electron chi connectivity index (χ2n) is 23.1. The van der Waals surface area contributed by atoms with Crippen LogP contribution in [0.25, 0.3) is 0 Å². The number of hydrogen-bond donors (Lipinski definition) is 16. The van der Waals surface area contributed by atoms with Crippen molar-refractivity contribution in [3.8, 4) is 0 Å². The molecule has 4 fully saturated rings. The van der Waals surface area contributed by atoms with E-state index < -0.39 is 184 Å². The van der Waals surface area contributed by atoms with E-state index in [4.69, 9.17) is 23.7 Å². The minimum Gasteiger partial charge on any atom is -0.462 e. The topological polar surface area (TPSA) is 402 Å². The summed E-state index contributed by atoms with van der Waals surface area (Å²) in [5.74, 6) is -8.28. The van der Waals surface area contributed by atoms with Crippen LogP contribution < -0.4 is 5.32 Å². The first kappa shape index (κ1) is 71.0. The maximum absolute atomic E-state index is 14.6. The zero-order valence-corrected chi connectivity index (χ0v) is 48.5. The molecule has 84 heavy (non-hydrogen) atoms. The van der Waals surface area contributed by atoms with Gasteiger partial charge < -0.3 is 110 Å². The van der Waals surface area contributed by atoms with Gasteiger partial charge in [0.2, 0.25) is 11.7 Å². The molecule has 3 unspecified atom stereocenters. The van der Waals surface area contributed by atoms with Crippen LogP contribution in [0.15, 0.2) is 85.1 Å². The van der Waals surface area contributed by atoms with Crippen molar-refractivity contribution in [2.75, 3.05) is 52.5 Å². The lowest BCUT2D eigenvalue weighted by Gasteiger charge is -2.48. The number of fused-ring (bicyclic) bond motifs is 2. The van der Waals surface area contributed by atoms with Crippen LogP contribution in [0.2, 0.25) is 0 Å². The number of carbonyl (C=O) groups excluding carboxylic acids is 2. The Labute approximate surface area is 491 Å². The summed E-state index contributed by atoms with van der Waals surface area (Å²) in [5.41, 5.74) is 0. The number of β-amino-alcohol motifs (C(OH)–C–C–N with tert-alkyl or cyclic N) is 1. The zero-order chi connectivity index (χ0) is 61.9. The largest absolute Gasteiger partial charge is 0.462 e. The van der Waals surface area contributed by atoms with Gasteiger partial charge in [0, 0.05) is 70.2 Å². The highest BCUT2D eigenvalue weighted by Gasteiger charge is 2.53. The summed E-state index contributed by atoms with van der Waals surface area (Å²) in [7, 11) is 0. The van der Waals surface area contributed by atoms with E-state index in [0.29, 0.717) is 19.6 Å². The van der Waals surface area contributed by atoms with Crippen molar-refractivity contribution in [1.29, 1.82) is 0 Å². The molecule has 25 heteroatoms. The van der Waals surface area contributed by atoms with Gasteiger partial charge in [-0.05, 0) is 33.1 Å². The molecule has 0 aromatic carbocycles. The Balaban J connectivity index is 1.44. The van der Waals surface area contributed by atoms with E-state index in [0.717, 1.165) is 0 Å². The number of piperazine rings is 1. The monoisotopic (exact) mass is 1200 g/mol. The second kappa shape index (κ2) is 34.1. The van der Waals surface area contributed by atoms with Crippen molar-refractivity contribution in [2.24, 2.45) is 17.8 Å². The number of aliphatic hydroxyl groups is 15. The molecule has 23 atom stereocenters. The normalized spacial score (nSPS) is 44.8. The van der Waals surface area contributed by atoms with Crippen LogP contribution in [-0.4, -0.2) is 272 Å². The molecule has 0 aromatic heterocycles. The highest BCUT2D eigenvalue weighted by molar-refractivity contribution is 5.80. The Bertz CT molecular complexity index is 2210. The number of amides is 1. The van der Waals surface area contributed by atoms with Crippen molar-refractivity contribution in [3.05, 3.63) is 85.1 Å². The summed E-state index contributed by atoms with van der Waals surface area (Å²) in [5, 5.41) is 167. The number of nitrogens with zero attached hydrogens (tertiary/aromatic N) is 2. The van der Waals surface area contributed by atoms with Gasteiger partial charge in [-0.15, -0.1) is 0 Å². The molecule has 0 spiro atoms.